The summed E-state index contributed by atoms with van der Waals surface area (Å²) in [6.07, 6.45) is 32.3. The van der Waals surface area contributed by atoms with E-state index in [1.165, 1.54) is 141 Å². The molecule has 0 aliphatic carbocycles. The predicted octanol–water partition coefficient (Wildman–Crippen LogP) is 12.9. The average molecular weight is 771 g/mol. The minimum atomic E-state index is -0.713. The SMILES string of the molecule is CCCCCCCCCCCCCCOCC(CNC(=O)C1(c2ccccc2)CCN(C(=O)OC(C)(C)C)CC1)OCCCCCCCCCCCCCC. The highest BCUT2D eigenvalue weighted by Gasteiger charge is 2.44. The number of hydrogen-bond acceptors (Lipinski definition) is 5. The van der Waals surface area contributed by atoms with Crippen molar-refractivity contribution in [3.63, 3.8) is 0 Å². The molecule has 0 saturated carbocycles. The van der Waals surface area contributed by atoms with Crippen LogP contribution in [0.1, 0.15) is 207 Å². The molecule has 2 amide bonds. The second-order valence-electron chi connectivity index (χ2n) is 17.5. The third kappa shape index (κ3) is 23.0. The number of amides is 2. The normalized spacial score (nSPS) is 14.9. The molecule has 2 rings (SSSR count). The van der Waals surface area contributed by atoms with Gasteiger partial charge in [-0.3, -0.25) is 4.79 Å². The maximum Gasteiger partial charge on any atom is 0.410 e. The lowest BCUT2D eigenvalue weighted by Gasteiger charge is -2.41. The van der Waals surface area contributed by atoms with Crippen LogP contribution in [-0.4, -0.2) is 68.1 Å². The lowest BCUT2D eigenvalue weighted by atomic mass is 9.72. The lowest BCUT2D eigenvalue weighted by molar-refractivity contribution is -0.129. The number of nitrogens with one attached hydrogen (secondary N) is 1. The Balaban J connectivity index is 1.82. The minimum Gasteiger partial charge on any atom is -0.444 e. The molecule has 7 heteroatoms. The standard InChI is InChI=1S/C48H86N2O5/c1-6-8-10-12-14-16-18-20-22-24-26-31-39-53-42-44(54-40-32-27-25-23-21-19-17-15-13-11-9-7-2)41-49-45(51)48(43-33-29-28-30-34-43)35-37-50(38-36-48)46(52)55-47(3,4)5/h28-30,33-34,44H,6-27,31-32,35-42H2,1-5H3,(H,49,51). The Labute approximate surface area is 339 Å². The first-order valence-corrected chi connectivity index (χ1v) is 23.2. The molecule has 1 aromatic carbocycles. The summed E-state index contributed by atoms with van der Waals surface area (Å²) in [5.74, 6) is 0.00228. The van der Waals surface area contributed by atoms with Crippen molar-refractivity contribution in [3.8, 4) is 0 Å². The van der Waals surface area contributed by atoms with Crippen molar-refractivity contribution < 1.29 is 23.8 Å². The zero-order chi connectivity index (χ0) is 39.9. The molecule has 1 saturated heterocycles. The number of rotatable bonds is 33. The van der Waals surface area contributed by atoms with Gasteiger partial charge in [-0.1, -0.05) is 185 Å². The molecule has 7 nitrogen and oxygen atoms in total. The van der Waals surface area contributed by atoms with E-state index in [-0.39, 0.29) is 18.1 Å². The summed E-state index contributed by atoms with van der Waals surface area (Å²) in [4.78, 5) is 28.8. The van der Waals surface area contributed by atoms with E-state index in [4.69, 9.17) is 14.2 Å². The molecule has 1 aromatic rings. The zero-order valence-electron chi connectivity index (χ0n) is 36.6. The minimum absolute atomic E-state index is 0.00228. The molecule has 0 radical (unpaired) electrons. The number of likely N-dealkylation sites (tertiary alicyclic amines) is 1. The predicted molar refractivity (Wildman–Crippen MR) is 231 cm³/mol. The second-order valence-corrected chi connectivity index (χ2v) is 17.5. The quantitative estimate of drug-likeness (QED) is 0.0720. The number of benzene rings is 1. The van der Waals surface area contributed by atoms with E-state index >= 15 is 0 Å². The van der Waals surface area contributed by atoms with Gasteiger partial charge in [-0.2, -0.15) is 0 Å². The first kappa shape index (κ1) is 49.0. The van der Waals surface area contributed by atoms with E-state index in [2.05, 4.69) is 19.2 Å². The van der Waals surface area contributed by atoms with Crippen LogP contribution >= 0.6 is 0 Å². The molecule has 0 aromatic heterocycles. The van der Waals surface area contributed by atoms with Gasteiger partial charge in [0.15, 0.2) is 0 Å². The van der Waals surface area contributed by atoms with Crippen LogP contribution in [0.15, 0.2) is 30.3 Å². The van der Waals surface area contributed by atoms with Crippen molar-refractivity contribution in [2.75, 3.05) is 39.5 Å². The summed E-state index contributed by atoms with van der Waals surface area (Å²) in [6.45, 7) is 13.5. The number of carbonyl (C=O) groups excluding carboxylic acids is 2. The Morgan fingerprint density at radius 1 is 0.655 bits per heavy atom. The average Bonchev–Trinajstić information content (AvgIpc) is 3.18. The van der Waals surface area contributed by atoms with Crippen LogP contribution in [0.5, 0.6) is 0 Å². The molecule has 1 heterocycles. The van der Waals surface area contributed by atoms with E-state index in [0.29, 0.717) is 45.7 Å². The van der Waals surface area contributed by atoms with Gasteiger partial charge in [0, 0.05) is 32.8 Å². The Bertz CT molecular complexity index is 1070. The van der Waals surface area contributed by atoms with Gasteiger partial charge in [-0.05, 0) is 52.0 Å². The highest BCUT2D eigenvalue weighted by Crippen LogP contribution is 2.36. The number of carbonyl (C=O) groups is 2. The number of piperidine rings is 1. The summed E-state index contributed by atoms with van der Waals surface area (Å²) in [5, 5.41) is 3.29. The fraction of sp³-hybridized carbons (Fsp3) is 0.833. The van der Waals surface area contributed by atoms with Crippen LogP contribution < -0.4 is 5.32 Å². The molecule has 1 unspecified atom stereocenters. The van der Waals surface area contributed by atoms with Gasteiger partial charge in [0.25, 0.3) is 0 Å². The number of ether oxygens (including phenoxy) is 3. The Kier molecular flexibility index (Phi) is 27.6. The van der Waals surface area contributed by atoms with Crippen LogP contribution in [0, 0.1) is 0 Å². The molecule has 55 heavy (non-hydrogen) atoms. The smallest absolute Gasteiger partial charge is 0.410 e. The van der Waals surface area contributed by atoms with Gasteiger partial charge in [-0.15, -0.1) is 0 Å². The summed E-state index contributed by atoms with van der Waals surface area (Å²) < 4.78 is 18.2. The maximum atomic E-state index is 14.2. The summed E-state index contributed by atoms with van der Waals surface area (Å²) >= 11 is 0. The second kappa shape index (κ2) is 30.9. The molecular weight excluding hydrogens is 685 g/mol. The molecule has 1 aliphatic heterocycles. The van der Waals surface area contributed by atoms with Crippen LogP contribution in [0.2, 0.25) is 0 Å². The van der Waals surface area contributed by atoms with Crippen molar-refractivity contribution >= 4 is 12.0 Å². The summed E-state index contributed by atoms with van der Waals surface area (Å²) in [6, 6.07) is 10.1. The highest BCUT2D eigenvalue weighted by molar-refractivity contribution is 5.88. The van der Waals surface area contributed by atoms with E-state index in [9.17, 15) is 9.59 Å². The number of hydrogen-bond donors (Lipinski definition) is 1. The van der Waals surface area contributed by atoms with E-state index < -0.39 is 11.0 Å². The Morgan fingerprint density at radius 2 is 1.09 bits per heavy atom. The van der Waals surface area contributed by atoms with Gasteiger partial charge in [-0.25, -0.2) is 4.79 Å². The molecule has 318 valence electrons. The Hall–Kier alpha value is -2.12. The molecule has 1 aliphatic rings. The molecule has 1 atom stereocenters. The first-order valence-electron chi connectivity index (χ1n) is 23.2. The molecule has 1 N–H and O–H groups in total. The fourth-order valence-corrected chi connectivity index (χ4v) is 7.80. The van der Waals surface area contributed by atoms with Gasteiger partial charge >= 0.3 is 6.09 Å². The summed E-state index contributed by atoms with van der Waals surface area (Å²) in [5.41, 5.74) is -0.274. The Morgan fingerprint density at radius 3 is 1.55 bits per heavy atom. The van der Waals surface area contributed by atoms with Gasteiger partial charge in [0.2, 0.25) is 5.91 Å². The van der Waals surface area contributed by atoms with Gasteiger partial charge in [0.1, 0.15) is 5.60 Å². The van der Waals surface area contributed by atoms with E-state index in [0.717, 1.165) is 25.0 Å². The summed E-state index contributed by atoms with van der Waals surface area (Å²) in [7, 11) is 0. The third-order valence-corrected chi connectivity index (χ3v) is 11.3. The zero-order valence-corrected chi connectivity index (χ0v) is 36.6. The molecule has 0 spiro atoms. The van der Waals surface area contributed by atoms with Crippen molar-refractivity contribution in [2.24, 2.45) is 0 Å². The van der Waals surface area contributed by atoms with Crippen LogP contribution in [0.4, 0.5) is 4.79 Å². The molecule has 0 bridgehead atoms. The van der Waals surface area contributed by atoms with Crippen molar-refractivity contribution in [2.45, 2.75) is 219 Å². The van der Waals surface area contributed by atoms with E-state index in [1.54, 1.807) is 4.90 Å². The number of nitrogens with zero attached hydrogens (tertiary/aromatic N) is 1. The van der Waals surface area contributed by atoms with Crippen LogP contribution in [0.3, 0.4) is 0 Å². The molecular formula is C48H86N2O5. The fourth-order valence-electron chi connectivity index (χ4n) is 7.80. The molecule has 1 fully saturated rings. The van der Waals surface area contributed by atoms with Gasteiger partial charge in [0.05, 0.1) is 18.1 Å². The number of unbranched alkanes of at least 4 members (excludes halogenated alkanes) is 22. The topological polar surface area (TPSA) is 77.1 Å². The van der Waals surface area contributed by atoms with Crippen LogP contribution in [0.25, 0.3) is 0 Å². The third-order valence-electron chi connectivity index (χ3n) is 11.3. The van der Waals surface area contributed by atoms with E-state index in [1.807, 2.05) is 51.1 Å². The maximum absolute atomic E-state index is 14.2. The van der Waals surface area contributed by atoms with Crippen LogP contribution in [-0.2, 0) is 24.4 Å². The first-order chi connectivity index (χ1) is 26.7. The largest absolute Gasteiger partial charge is 0.444 e. The van der Waals surface area contributed by atoms with Gasteiger partial charge < -0.3 is 24.4 Å². The van der Waals surface area contributed by atoms with Crippen molar-refractivity contribution in [1.82, 2.24) is 10.2 Å². The van der Waals surface area contributed by atoms with Crippen molar-refractivity contribution in [1.29, 1.82) is 0 Å². The monoisotopic (exact) mass is 771 g/mol. The van der Waals surface area contributed by atoms with Crippen molar-refractivity contribution in [3.05, 3.63) is 35.9 Å². The lowest BCUT2D eigenvalue weighted by Crippen LogP contribution is -2.54. The highest BCUT2D eigenvalue weighted by atomic mass is 16.6.